The SMILES string of the molecule is COc1ccc(OCc2ccc(C(=O)Nc3c(C(N)=O)sc4nc(C(F)F)cc(-c5cn(C)nc5C)c34)o2)cc1. The third kappa shape index (κ3) is 5.23. The number of hydrogen-bond donors (Lipinski definition) is 2. The van der Waals surface area contributed by atoms with Gasteiger partial charge in [-0.05, 0) is 55.0 Å². The number of nitrogens with zero attached hydrogens (tertiary/aromatic N) is 3. The molecule has 3 N–H and O–H groups in total. The molecule has 0 bridgehead atoms. The summed E-state index contributed by atoms with van der Waals surface area (Å²) in [5, 5.41) is 7.28. The molecule has 4 heterocycles. The van der Waals surface area contributed by atoms with E-state index in [9.17, 15) is 18.4 Å². The maximum absolute atomic E-state index is 13.7. The number of nitrogens with two attached hydrogens (primary N) is 1. The number of furan rings is 1. The zero-order chi connectivity index (χ0) is 28.6. The molecule has 0 atom stereocenters. The average Bonchev–Trinajstić information content (AvgIpc) is 3.64. The van der Waals surface area contributed by atoms with Crippen LogP contribution in [0.25, 0.3) is 21.3 Å². The van der Waals surface area contributed by atoms with Gasteiger partial charge in [-0.2, -0.15) is 5.10 Å². The molecule has 0 saturated carbocycles. The van der Waals surface area contributed by atoms with E-state index in [0.717, 1.165) is 11.3 Å². The quantitative estimate of drug-likeness (QED) is 0.241. The molecule has 5 rings (SSSR count). The summed E-state index contributed by atoms with van der Waals surface area (Å²) in [5.41, 5.74) is 6.62. The third-order valence-electron chi connectivity index (χ3n) is 6.00. The molecule has 0 aliphatic heterocycles. The van der Waals surface area contributed by atoms with Crippen molar-refractivity contribution in [2.24, 2.45) is 12.8 Å². The maximum atomic E-state index is 13.7. The number of amides is 2. The van der Waals surface area contributed by atoms with Gasteiger partial charge >= 0.3 is 0 Å². The first-order valence-corrected chi connectivity index (χ1v) is 12.7. The Balaban J connectivity index is 1.48. The molecular weight excluding hydrogens is 544 g/mol. The van der Waals surface area contributed by atoms with Crippen LogP contribution in [0.5, 0.6) is 11.5 Å². The number of methoxy groups -OCH3 is 1. The van der Waals surface area contributed by atoms with Gasteiger partial charge in [0, 0.05) is 24.2 Å². The molecule has 5 aromatic rings. The number of rotatable bonds is 9. The van der Waals surface area contributed by atoms with E-state index in [2.05, 4.69) is 15.4 Å². The summed E-state index contributed by atoms with van der Waals surface area (Å²) in [6.07, 6.45) is -1.20. The largest absolute Gasteiger partial charge is 0.497 e. The predicted octanol–water partition coefficient (Wildman–Crippen LogP) is 5.47. The first-order chi connectivity index (χ1) is 19.1. The van der Waals surface area contributed by atoms with E-state index in [1.54, 1.807) is 57.6 Å². The summed E-state index contributed by atoms with van der Waals surface area (Å²) < 4.78 is 45.5. The molecule has 0 spiro atoms. The van der Waals surface area contributed by atoms with Crippen LogP contribution in [0.15, 0.2) is 53.1 Å². The first kappa shape index (κ1) is 26.8. The van der Waals surface area contributed by atoms with Crippen molar-refractivity contribution in [1.82, 2.24) is 14.8 Å². The van der Waals surface area contributed by atoms with Gasteiger partial charge in [0.05, 0.1) is 18.5 Å². The van der Waals surface area contributed by atoms with Crippen LogP contribution in [-0.2, 0) is 13.7 Å². The van der Waals surface area contributed by atoms with Gasteiger partial charge in [-0.25, -0.2) is 13.8 Å². The number of alkyl halides is 2. The molecule has 0 fully saturated rings. The molecule has 13 heteroatoms. The average molecular weight is 568 g/mol. The summed E-state index contributed by atoms with van der Waals surface area (Å²) in [5.74, 6) is 0.0556. The Morgan fingerprint density at radius 3 is 2.50 bits per heavy atom. The normalized spacial score (nSPS) is 11.2. The lowest BCUT2D eigenvalue weighted by Crippen LogP contribution is -2.16. The Morgan fingerprint density at radius 1 is 1.15 bits per heavy atom. The fourth-order valence-electron chi connectivity index (χ4n) is 4.18. The lowest BCUT2D eigenvalue weighted by atomic mass is 10.0. The number of anilines is 1. The van der Waals surface area contributed by atoms with E-state index >= 15 is 0 Å². The van der Waals surface area contributed by atoms with Gasteiger partial charge in [0.15, 0.2) is 5.76 Å². The molecule has 0 radical (unpaired) electrons. The maximum Gasteiger partial charge on any atom is 0.291 e. The molecule has 0 aliphatic rings. The molecule has 4 aromatic heterocycles. The van der Waals surface area contributed by atoms with Crippen LogP contribution in [0.4, 0.5) is 14.5 Å². The molecule has 10 nitrogen and oxygen atoms in total. The number of nitrogens with one attached hydrogen (secondary N) is 1. The van der Waals surface area contributed by atoms with Gasteiger partial charge in [0.2, 0.25) is 0 Å². The number of carbonyl (C=O) groups is 2. The van der Waals surface area contributed by atoms with Crippen LogP contribution < -0.4 is 20.5 Å². The Bertz CT molecular complexity index is 1730. The van der Waals surface area contributed by atoms with E-state index in [0.29, 0.717) is 39.5 Å². The van der Waals surface area contributed by atoms with Crippen LogP contribution >= 0.6 is 11.3 Å². The van der Waals surface area contributed by atoms with Crippen LogP contribution in [0, 0.1) is 6.92 Å². The molecule has 0 saturated heterocycles. The van der Waals surface area contributed by atoms with Crippen molar-refractivity contribution in [3.8, 4) is 22.6 Å². The summed E-state index contributed by atoms with van der Waals surface area (Å²) >= 11 is 0.815. The van der Waals surface area contributed by atoms with E-state index in [1.165, 1.54) is 16.8 Å². The highest BCUT2D eigenvalue weighted by molar-refractivity contribution is 7.21. The first-order valence-electron chi connectivity index (χ1n) is 11.9. The summed E-state index contributed by atoms with van der Waals surface area (Å²) in [7, 11) is 3.26. The van der Waals surface area contributed by atoms with Crippen LogP contribution in [0.1, 0.15) is 43.8 Å². The number of fused-ring (bicyclic) bond motifs is 1. The number of aromatic nitrogens is 3. The fraction of sp³-hybridized carbons (Fsp3) is 0.185. The topological polar surface area (TPSA) is 134 Å². The molecule has 1 aromatic carbocycles. The van der Waals surface area contributed by atoms with Crippen molar-refractivity contribution in [2.45, 2.75) is 20.0 Å². The van der Waals surface area contributed by atoms with E-state index < -0.39 is 23.9 Å². The number of hydrogen-bond acceptors (Lipinski definition) is 8. The van der Waals surface area contributed by atoms with Crippen molar-refractivity contribution in [1.29, 1.82) is 0 Å². The molecule has 40 heavy (non-hydrogen) atoms. The summed E-state index contributed by atoms with van der Waals surface area (Å²) in [6, 6.07) is 11.2. The highest BCUT2D eigenvalue weighted by Gasteiger charge is 2.27. The van der Waals surface area contributed by atoms with E-state index in [1.807, 2.05) is 0 Å². The predicted molar refractivity (Wildman–Crippen MR) is 144 cm³/mol. The number of ether oxygens (including phenoxy) is 2. The number of thiophene rings is 1. The van der Waals surface area contributed by atoms with Crippen molar-refractivity contribution in [2.75, 3.05) is 12.4 Å². The minimum absolute atomic E-state index is 0.0420. The van der Waals surface area contributed by atoms with Gasteiger partial charge in [-0.1, -0.05) is 0 Å². The van der Waals surface area contributed by atoms with Crippen molar-refractivity contribution in [3.05, 3.63) is 76.4 Å². The van der Waals surface area contributed by atoms with Crippen molar-refractivity contribution >= 4 is 39.1 Å². The molecule has 2 amide bonds. The second kappa shape index (κ2) is 10.8. The number of benzene rings is 1. The number of primary amides is 1. The van der Waals surface area contributed by atoms with Gasteiger partial charge in [0.25, 0.3) is 18.2 Å². The molecule has 0 aliphatic carbocycles. The minimum atomic E-state index is -2.86. The second-order valence-corrected chi connectivity index (χ2v) is 9.73. The zero-order valence-corrected chi connectivity index (χ0v) is 22.3. The lowest BCUT2D eigenvalue weighted by Gasteiger charge is -2.10. The fourth-order valence-corrected chi connectivity index (χ4v) is 5.19. The highest BCUT2D eigenvalue weighted by atomic mass is 32.1. The Kier molecular flexibility index (Phi) is 7.22. The highest BCUT2D eigenvalue weighted by Crippen LogP contribution is 2.43. The standard InChI is InChI=1S/C27H23F2N5O5S/c1-13-18(11-34(2)33-13)17-10-19(24(28)29)31-27-21(17)22(23(40-27)25(30)35)32-26(36)20-9-8-16(39-20)12-38-15-6-4-14(37-3)5-7-15/h4-11,24H,12H2,1-3H3,(H2,30,35)(H,32,36). The van der Waals surface area contributed by atoms with Crippen molar-refractivity contribution in [3.63, 3.8) is 0 Å². The minimum Gasteiger partial charge on any atom is -0.497 e. The molecular formula is C27H23F2N5O5S. The van der Waals surface area contributed by atoms with Gasteiger partial charge in [-0.3, -0.25) is 14.3 Å². The number of halogens is 2. The Morgan fingerprint density at radius 2 is 1.88 bits per heavy atom. The number of carbonyl (C=O) groups excluding carboxylic acids is 2. The summed E-state index contributed by atoms with van der Waals surface area (Å²) in [6.45, 7) is 1.78. The lowest BCUT2D eigenvalue weighted by molar-refractivity contribution is 0.0992. The number of aryl methyl sites for hydroxylation is 2. The second-order valence-electron chi connectivity index (χ2n) is 8.73. The zero-order valence-electron chi connectivity index (χ0n) is 21.5. The van der Waals surface area contributed by atoms with Gasteiger partial charge < -0.3 is 24.9 Å². The van der Waals surface area contributed by atoms with Crippen LogP contribution in [0.3, 0.4) is 0 Å². The Labute approximate surface area is 230 Å². The van der Waals surface area contributed by atoms with Crippen molar-refractivity contribution < 1.29 is 32.3 Å². The summed E-state index contributed by atoms with van der Waals surface area (Å²) in [4.78, 5) is 29.7. The monoisotopic (exact) mass is 567 g/mol. The number of pyridine rings is 1. The molecule has 206 valence electrons. The third-order valence-corrected chi connectivity index (χ3v) is 7.10. The Hall–Kier alpha value is -4.78. The molecule has 0 unspecified atom stereocenters. The van der Waals surface area contributed by atoms with E-state index in [-0.39, 0.29) is 27.8 Å². The van der Waals surface area contributed by atoms with Gasteiger partial charge in [-0.15, -0.1) is 11.3 Å². The van der Waals surface area contributed by atoms with Crippen LogP contribution in [0.2, 0.25) is 0 Å². The smallest absolute Gasteiger partial charge is 0.291 e. The van der Waals surface area contributed by atoms with Crippen LogP contribution in [-0.4, -0.2) is 33.7 Å². The van der Waals surface area contributed by atoms with E-state index in [4.69, 9.17) is 19.6 Å². The van der Waals surface area contributed by atoms with Gasteiger partial charge in [0.1, 0.15) is 39.3 Å².